The number of para-hydroxylation sites is 1. The largest absolute Gasteiger partial charge is 0.460 e. The van der Waals surface area contributed by atoms with E-state index in [9.17, 15) is 14.4 Å². The highest BCUT2D eigenvalue weighted by Crippen LogP contribution is 2.48. The number of benzene rings is 1. The molecule has 0 aliphatic heterocycles. The topological polar surface area (TPSA) is 135 Å². The number of hydrogen-bond acceptors (Lipinski definition) is 8. The molecule has 3 aromatic rings. The summed E-state index contributed by atoms with van der Waals surface area (Å²) >= 11 is 0. The maximum absolute atomic E-state index is 13.2. The average Bonchev–Trinajstić information content (AvgIpc) is 3.76. The van der Waals surface area contributed by atoms with Crippen LogP contribution in [0.3, 0.4) is 0 Å². The van der Waals surface area contributed by atoms with Gasteiger partial charge < -0.3 is 25.1 Å². The van der Waals surface area contributed by atoms with Crippen molar-refractivity contribution in [3.8, 4) is 11.3 Å². The van der Waals surface area contributed by atoms with E-state index in [-0.39, 0.29) is 12.2 Å². The maximum Gasteiger partial charge on any atom is 0.408 e. The number of ketones is 1. The van der Waals surface area contributed by atoms with Gasteiger partial charge in [-0.3, -0.25) is 4.79 Å². The third-order valence-electron chi connectivity index (χ3n) is 6.57. The minimum atomic E-state index is -0.948. The van der Waals surface area contributed by atoms with E-state index < -0.39 is 29.0 Å². The molecular weight excluding hydrogens is 486 g/mol. The number of nitrogens with one attached hydrogen (secondary N) is 3. The van der Waals surface area contributed by atoms with Crippen molar-refractivity contribution in [2.24, 2.45) is 0 Å². The summed E-state index contributed by atoms with van der Waals surface area (Å²) in [5.41, 5.74) is 2.56. The first-order valence-corrected chi connectivity index (χ1v) is 13.0. The van der Waals surface area contributed by atoms with E-state index in [1.807, 2.05) is 25.1 Å². The van der Waals surface area contributed by atoms with Crippen molar-refractivity contribution in [3.63, 3.8) is 0 Å². The van der Waals surface area contributed by atoms with Crippen LogP contribution in [0.15, 0.2) is 24.3 Å². The molecule has 2 saturated carbocycles. The Morgan fingerprint density at radius 2 is 1.89 bits per heavy atom. The fourth-order valence-electron chi connectivity index (χ4n) is 4.46. The first kappa shape index (κ1) is 25.7. The minimum absolute atomic E-state index is 0.0769. The first-order valence-electron chi connectivity index (χ1n) is 13.0. The zero-order valence-electron chi connectivity index (χ0n) is 22.4. The van der Waals surface area contributed by atoms with Crippen LogP contribution in [0.1, 0.15) is 75.1 Å². The molecule has 38 heavy (non-hydrogen) atoms. The first-order chi connectivity index (χ1) is 18.0. The van der Waals surface area contributed by atoms with Gasteiger partial charge in [0.2, 0.25) is 0 Å². The summed E-state index contributed by atoms with van der Waals surface area (Å²) in [4.78, 5) is 51.3. The average molecular weight is 520 g/mol. The molecule has 0 bridgehead atoms. The number of nitrogens with zero attached hydrogens (tertiary/aromatic N) is 2. The molecule has 10 heteroatoms. The number of aromatic amines is 1. The molecule has 2 aliphatic rings. The molecule has 10 nitrogen and oxygen atoms in total. The van der Waals surface area contributed by atoms with E-state index in [0.29, 0.717) is 41.3 Å². The van der Waals surface area contributed by atoms with Crippen LogP contribution in [0, 0.1) is 6.92 Å². The van der Waals surface area contributed by atoms with Crippen molar-refractivity contribution in [3.05, 3.63) is 41.2 Å². The normalized spacial score (nSPS) is 16.1. The minimum Gasteiger partial charge on any atom is -0.460 e. The van der Waals surface area contributed by atoms with Crippen LogP contribution in [0.2, 0.25) is 0 Å². The molecule has 0 saturated heterocycles. The van der Waals surface area contributed by atoms with Gasteiger partial charge in [0.05, 0.1) is 34.6 Å². The number of esters is 1. The Kier molecular flexibility index (Phi) is 6.36. The van der Waals surface area contributed by atoms with Crippen LogP contribution in [0.5, 0.6) is 0 Å². The summed E-state index contributed by atoms with van der Waals surface area (Å²) in [5, 5.41) is 6.35. The second-order valence-electron chi connectivity index (χ2n) is 11.0. The molecule has 5 rings (SSSR count). The second-order valence-corrected chi connectivity index (χ2v) is 11.0. The zero-order chi connectivity index (χ0) is 27.2. The summed E-state index contributed by atoms with van der Waals surface area (Å²) in [6.07, 6.45) is 2.78. The molecule has 0 spiro atoms. The second kappa shape index (κ2) is 9.41. The molecule has 1 aromatic carbocycles. The van der Waals surface area contributed by atoms with Gasteiger partial charge in [-0.1, -0.05) is 12.1 Å². The summed E-state index contributed by atoms with van der Waals surface area (Å²) < 4.78 is 10.5. The van der Waals surface area contributed by atoms with Crippen molar-refractivity contribution in [1.82, 2.24) is 20.3 Å². The van der Waals surface area contributed by atoms with Crippen LogP contribution in [0.4, 0.5) is 10.6 Å². The quantitative estimate of drug-likeness (QED) is 0.220. The van der Waals surface area contributed by atoms with E-state index in [0.717, 1.165) is 29.9 Å². The van der Waals surface area contributed by atoms with Crippen LogP contribution in [-0.2, 0) is 19.8 Å². The number of aryl methyl sites for hydroxylation is 1. The van der Waals surface area contributed by atoms with Gasteiger partial charge in [-0.2, -0.15) is 0 Å². The molecular formula is C28H33N5O5. The van der Waals surface area contributed by atoms with Crippen molar-refractivity contribution in [2.45, 2.75) is 77.5 Å². The number of carbonyl (C=O) groups excluding carboxylic acids is 3. The van der Waals surface area contributed by atoms with Gasteiger partial charge in [0.15, 0.2) is 0 Å². The number of alkyl carbamates (subject to hydrolysis) is 1. The highest BCUT2D eigenvalue weighted by molar-refractivity contribution is 6.41. The SMILES string of the molecule is CCOC(=O)C(=O)c1cc(-c2cccc3nc(C)c(NC4CC4)nc23)[nH]c1C1(NC(=O)OC(C)(C)C)CC1. The summed E-state index contributed by atoms with van der Waals surface area (Å²) in [6, 6.07) is 7.70. The van der Waals surface area contributed by atoms with Gasteiger partial charge in [0.25, 0.3) is 5.78 Å². The lowest BCUT2D eigenvalue weighted by molar-refractivity contribution is -0.137. The number of carbonyl (C=O) groups is 3. The predicted octanol–water partition coefficient (Wildman–Crippen LogP) is 4.77. The highest BCUT2D eigenvalue weighted by atomic mass is 16.6. The monoisotopic (exact) mass is 519 g/mol. The molecule has 1 amide bonds. The lowest BCUT2D eigenvalue weighted by atomic mass is 10.0. The van der Waals surface area contributed by atoms with Crippen molar-refractivity contribution >= 4 is 34.7 Å². The Morgan fingerprint density at radius 3 is 2.53 bits per heavy atom. The summed E-state index contributed by atoms with van der Waals surface area (Å²) in [5.74, 6) is -0.996. The lowest BCUT2D eigenvalue weighted by Crippen LogP contribution is -2.40. The van der Waals surface area contributed by atoms with E-state index in [4.69, 9.17) is 19.4 Å². The number of amides is 1. The fourth-order valence-corrected chi connectivity index (χ4v) is 4.46. The Morgan fingerprint density at radius 1 is 1.16 bits per heavy atom. The summed E-state index contributed by atoms with van der Waals surface area (Å²) in [7, 11) is 0. The van der Waals surface area contributed by atoms with Crippen molar-refractivity contribution in [2.75, 3.05) is 11.9 Å². The number of ether oxygens (including phenoxy) is 2. The van der Waals surface area contributed by atoms with Crippen LogP contribution in [0.25, 0.3) is 22.3 Å². The Bertz CT molecular complexity index is 1430. The molecule has 0 radical (unpaired) electrons. The van der Waals surface area contributed by atoms with Gasteiger partial charge in [0, 0.05) is 17.3 Å². The van der Waals surface area contributed by atoms with Crippen LogP contribution in [-0.4, -0.2) is 51.0 Å². The molecule has 2 fully saturated rings. The van der Waals surface area contributed by atoms with E-state index in [1.165, 1.54) is 0 Å². The van der Waals surface area contributed by atoms with Gasteiger partial charge in [-0.25, -0.2) is 19.6 Å². The van der Waals surface area contributed by atoms with Crippen molar-refractivity contribution in [1.29, 1.82) is 0 Å². The molecule has 2 aliphatic carbocycles. The van der Waals surface area contributed by atoms with Gasteiger partial charge in [0.1, 0.15) is 16.9 Å². The van der Waals surface area contributed by atoms with Crippen molar-refractivity contribution < 1.29 is 23.9 Å². The fraction of sp³-hybridized carbons (Fsp3) is 0.464. The van der Waals surface area contributed by atoms with Crippen LogP contribution >= 0.6 is 0 Å². The third-order valence-corrected chi connectivity index (χ3v) is 6.57. The molecule has 200 valence electrons. The molecule has 0 atom stereocenters. The van der Waals surface area contributed by atoms with Gasteiger partial charge in [-0.15, -0.1) is 0 Å². The smallest absolute Gasteiger partial charge is 0.408 e. The summed E-state index contributed by atoms with van der Waals surface area (Å²) in [6.45, 7) is 8.99. The Labute approximate surface area is 220 Å². The number of Topliss-reactive ketones (excluding diaryl/α,β-unsaturated/α-hetero) is 1. The Hall–Kier alpha value is -3.95. The Balaban J connectivity index is 1.59. The van der Waals surface area contributed by atoms with Gasteiger partial charge in [-0.05, 0) is 72.4 Å². The number of H-pyrrole nitrogens is 1. The predicted molar refractivity (Wildman–Crippen MR) is 142 cm³/mol. The highest BCUT2D eigenvalue weighted by Gasteiger charge is 2.50. The van der Waals surface area contributed by atoms with E-state index in [1.54, 1.807) is 33.8 Å². The molecule has 2 heterocycles. The standard InChI is InChI=1S/C28H33N5O5/c1-6-37-25(35)22(34)18-14-20(31-23(18)28(12-13-28)33-26(36)38-27(3,4)5)17-8-7-9-19-21(17)32-24(15(2)29-19)30-16-10-11-16/h7-9,14,16,31H,6,10-13H2,1-5H3,(H,30,32)(H,33,36). The molecule has 0 unspecified atom stereocenters. The third kappa shape index (κ3) is 5.20. The number of fused-ring (bicyclic) bond motifs is 1. The number of aromatic nitrogens is 3. The molecule has 2 aromatic heterocycles. The number of rotatable bonds is 8. The lowest BCUT2D eigenvalue weighted by Gasteiger charge is -2.23. The number of hydrogen-bond donors (Lipinski definition) is 3. The molecule has 3 N–H and O–H groups in total. The number of anilines is 1. The van der Waals surface area contributed by atoms with E-state index >= 15 is 0 Å². The maximum atomic E-state index is 13.2. The van der Waals surface area contributed by atoms with Gasteiger partial charge >= 0.3 is 12.1 Å². The zero-order valence-corrected chi connectivity index (χ0v) is 22.4. The van der Waals surface area contributed by atoms with Crippen LogP contribution < -0.4 is 10.6 Å². The van der Waals surface area contributed by atoms with E-state index in [2.05, 4.69) is 15.6 Å².